The van der Waals surface area contributed by atoms with Gasteiger partial charge in [0.2, 0.25) is 0 Å². The summed E-state index contributed by atoms with van der Waals surface area (Å²) in [4.78, 5) is 2.37. The first-order valence-corrected chi connectivity index (χ1v) is 6.34. The van der Waals surface area contributed by atoms with Gasteiger partial charge in [-0.05, 0) is 12.0 Å². The summed E-state index contributed by atoms with van der Waals surface area (Å²) in [6.45, 7) is 4.97. The third-order valence-electron chi connectivity index (χ3n) is 3.22. The van der Waals surface area contributed by atoms with Gasteiger partial charge in [-0.3, -0.25) is 4.90 Å². The summed E-state index contributed by atoms with van der Waals surface area (Å²) in [6, 6.07) is 10.5. The molecule has 0 saturated carbocycles. The Bertz CT molecular complexity index is 316. The number of rotatable bonds is 4. The molecule has 17 heavy (non-hydrogen) atoms. The van der Waals surface area contributed by atoms with Crippen molar-refractivity contribution in [3.05, 3.63) is 35.9 Å². The molecule has 1 saturated heterocycles. The van der Waals surface area contributed by atoms with E-state index in [1.165, 1.54) is 5.56 Å². The van der Waals surface area contributed by atoms with Crippen molar-refractivity contribution in [2.24, 2.45) is 0 Å². The highest BCUT2D eigenvalue weighted by molar-refractivity contribution is 5.14. The van der Waals surface area contributed by atoms with Gasteiger partial charge in [-0.25, -0.2) is 0 Å². The summed E-state index contributed by atoms with van der Waals surface area (Å²) in [5.74, 6) is 0. The van der Waals surface area contributed by atoms with Crippen LogP contribution in [0, 0.1) is 0 Å². The topological polar surface area (TPSA) is 32.7 Å². The lowest BCUT2D eigenvalue weighted by Gasteiger charge is -2.37. The molecule has 1 aliphatic heterocycles. The van der Waals surface area contributed by atoms with Crippen molar-refractivity contribution in [2.75, 3.05) is 19.7 Å². The maximum atomic E-state index is 9.24. The van der Waals surface area contributed by atoms with Crippen molar-refractivity contribution >= 4 is 0 Å². The number of ether oxygens (including phenoxy) is 1. The van der Waals surface area contributed by atoms with Crippen LogP contribution in [0.3, 0.4) is 0 Å². The molecule has 94 valence electrons. The quantitative estimate of drug-likeness (QED) is 0.861. The molecule has 0 aromatic heterocycles. The van der Waals surface area contributed by atoms with Crippen LogP contribution in [0.5, 0.6) is 0 Å². The Labute approximate surface area is 103 Å². The van der Waals surface area contributed by atoms with Crippen LogP contribution in [0.25, 0.3) is 0 Å². The van der Waals surface area contributed by atoms with E-state index < -0.39 is 0 Å². The molecule has 1 fully saturated rings. The van der Waals surface area contributed by atoms with Crippen LogP contribution in [0.15, 0.2) is 30.3 Å². The van der Waals surface area contributed by atoms with E-state index in [1.54, 1.807) is 0 Å². The van der Waals surface area contributed by atoms with E-state index in [1.807, 2.05) is 6.07 Å². The second-order valence-electron chi connectivity index (χ2n) is 4.65. The van der Waals surface area contributed by atoms with E-state index in [9.17, 15) is 5.11 Å². The fourth-order valence-corrected chi connectivity index (χ4v) is 2.31. The highest BCUT2D eigenvalue weighted by Crippen LogP contribution is 2.16. The number of aliphatic hydroxyl groups excluding tert-OH is 1. The lowest BCUT2D eigenvalue weighted by atomic mass is 10.1. The molecule has 1 heterocycles. The summed E-state index contributed by atoms with van der Waals surface area (Å²) in [5.41, 5.74) is 1.32. The first-order chi connectivity index (χ1) is 8.31. The molecule has 1 aromatic rings. The van der Waals surface area contributed by atoms with Crippen LogP contribution in [0.1, 0.15) is 18.9 Å². The minimum Gasteiger partial charge on any atom is -0.394 e. The van der Waals surface area contributed by atoms with Gasteiger partial charge in [0, 0.05) is 19.6 Å². The Kier molecular flexibility index (Phi) is 4.54. The second kappa shape index (κ2) is 6.15. The number of nitrogens with zero attached hydrogens (tertiary/aromatic N) is 1. The van der Waals surface area contributed by atoms with Crippen LogP contribution in [-0.4, -0.2) is 41.9 Å². The zero-order valence-corrected chi connectivity index (χ0v) is 10.4. The number of aliphatic hydroxyl groups is 1. The average Bonchev–Trinajstić information content (AvgIpc) is 2.39. The SMILES string of the molecule is CC[C@@H]1CN(Cc2ccccc2)C[C@H](CO)O1. The van der Waals surface area contributed by atoms with Gasteiger partial charge in [0.05, 0.1) is 18.8 Å². The molecule has 0 spiro atoms. The van der Waals surface area contributed by atoms with Gasteiger partial charge >= 0.3 is 0 Å². The fraction of sp³-hybridized carbons (Fsp3) is 0.571. The number of morpholine rings is 1. The molecule has 1 aromatic carbocycles. The molecule has 0 aliphatic carbocycles. The number of hydrogen-bond donors (Lipinski definition) is 1. The number of benzene rings is 1. The van der Waals surface area contributed by atoms with Crippen molar-refractivity contribution in [3.8, 4) is 0 Å². The zero-order chi connectivity index (χ0) is 12.1. The van der Waals surface area contributed by atoms with Crippen molar-refractivity contribution in [1.82, 2.24) is 4.90 Å². The number of hydrogen-bond acceptors (Lipinski definition) is 3. The average molecular weight is 235 g/mol. The highest BCUT2D eigenvalue weighted by atomic mass is 16.5. The molecule has 0 amide bonds. The van der Waals surface area contributed by atoms with Gasteiger partial charge in [-0.2, -0.15) is 0 Å². The molecule has 1 N–H and O–H groups in total. The molecular weight excluding hydrogens is 214 g/mol. The third-order valence-corrected chi connectivity index (χ3v) is 3.22. The van der Waals surface area contributed by atoms with E-state index >= 15 is 0 Å². The Balaban J connectivity index is 1.95. The molecule has 0 radical (unpaired) electrons. The van der Waals surface area contributed by atoms with E-state index in [0.717, 1.165) is 26.1 Å². The largest absolute Gasteiger partial charge is 0.394 e. The van der Waals surface area contributed by atoms with Gasteiger partial charge < -0.3 is 9.84 Å². The van der Waals surface area contributed by atoms with Gasteiger partial charge in [0.25, 0.3) is 0 Å². The minimum atomic E-state index is -0.0302. The van der Waals surface area contributed by atoms with E-state index in [4.69, 9.17) is 4.74 Å². The molecule has 0 bridgehead atoms. The summed E-state index contributed by atoms with van der Waals surface area (Å²) >= 11 is 0. The zero-order valence-electron chi connectivity index (χ0n) is 10.4. The molecule has 0 unspecified atom stereocenters. The van der Waals surface area contributed by atoms with Crippen molar-refractivity contribution in [3.63, 3.8) is 0 Å². The fourth-order valence-electron chi connectivity index (χ4n) is 2.31. The molecular formula is C14H21NO2. The van der Waals surface area contributed by atoms with Gasteiger partial charge in [-0.1, -0.05) is 37.3 Å². The second-order valence-corrected chi connectivity index (χ2v) is 4.65. The third kappa shape index (κ3) is 3.53. The Morgan fingerprint density at radius 1 is 1.24 bits per heavy atom. The van der Waals surface area contributed by atoms with E-state index in [-0.39, 0.29) is 18.8 Å². The molecule has 2 rings (SSSR count). The highest BCUT2D eigenvalue weighted by Gasteiger charge is 2.26. The maximum absolute atomic E-state index is 9.24. The Hall–Kier alpha value is -0.900. The molecule has 3 nitrogen and oxygen atoms in total. The van der Waals surface area contributed by atoms with E-state index in [2.05, 4.69) is 36.1 Å². The minimum absolute atomic E-state index is 0.0302. The van der Waals surface area contributed by atoms with Crippen LogP contribution in [-0.2, 0) is 11.3 Å². The lowest BCUT2D eigenvalue weighted by Crippen LogP contribution is -2.48. The van der Waals surface area contributed by atoms with Crippen LogP contribution < -0.4 is 0 Å². The van der Waals surface area contributed by atoms with Crippen LogP contribution >= 0.6 is 0 Å². The molecule has 2 atom stereocenters. The van der Waals surface area contributed by atoms with Gasteiger partial charge in [0.15, 0.2) is 0 Å². The Morgan fingerprint density at radius 3 is 2.59 bits per heavy atom. The van der Waals surface area contributed by atoms with Gasteiger partial charge in [-0.15, -0.1) is 0 Å². The first kappa shape index (κ1) is 12.6. The predicted molar refractivity (Wildman–Crippen MR) is 67.8 cm³/mol. The van der Waals surface area contributed by atoms with Crippen molar-refractivity contribution < 1.29 is 9.84 Å². The van der Waals surface area contributed by atoms with Gasteiger partial charge in [0.1, 0.15) is 0 Å². The predicted octanol–water partition coefficient (Wildman–Crippen LogP) is 1.66. The maximum Gasteiger partial charge on any atom is 0.0936 e. The normalized spacial score (nSPS) is 26.0. The Morgan fingerprint density at radius 2 is 1.94 bits per heavy atom. The first-order valence-electron chi connectivity index (χ1n) is 6.34. The molecule has 3 heteroatoms. The summed E-state index contributed by atoms with van der Waals surface area (Å²) in [6.07, 6.45) is 1.23. The smallest absolute Gasteiger partial charge is 0.0936 e. The standard InChI is InChI=1S/C14H21NO2/c1-2-13-9-15(10-14(11-16)17-13)8-12-6-4-3-5-7-12/h3-7,13-14,16H,2,8-11H2,1H3/t13-,14-/m1/s1. The van der Waals surface area contributed by atoms with E-state index in [0.29, 0.717) is 0 Å². The molecule has 1 aliphatic rings. The van der Waals surface area contributed by atoms with Crippen LogP contribution in [0.4, 0.5) is 0 Å². The summed E-state index contributed by atoms with van der Waals surface area (Å²) in [7, 11) is 0. The lowest BCUT2D eigenvalue weighted by molar-refractivity contribution is -0.105. The van der Waals surface area contributed by atoms with Crippen molar-refractivity contribution in [2.45, 2.75) is 32.1 Å². The monoisotopic (exact) mass is 235 g/mol. The van der Waals surface area contributed by atoms with Crippen LogP contribution in [0.2, 0.25) is 0 Å². The summed E-state index contributed by atoms with van der Waals surface area (Å²) in [5, 5.41) is 9.24. The van der Waals surface area contributed by atoms with Crippen molar-refractivity contribution in [1.29, 1.82) is 0 Å². The summed E-state index contributed by atoms with van der Waals surface area (Å²) < 4.78 is 5.76.